The molecular formula is C20H20F6N6O2. The Morgan fingerprint density at radius 2 is 1.97 bits per heavy atom. The number of imidazole rings is 1. The van der Waals surface area contributed by atoms with Crippen LogP contribution in [0.25, 0.3) is 17.0 Å². The third kappa shape index (κ3) is 4.11. The summed E-state index contributed by atoms with van der Waals surface area (Å²) < 4.78 is 89.5. The van der Waals surface area contributed by atoms with Crippen molar-refractivity contribution in [2.24, 2.45) is 0 Å². The van der Waals surface area contributed by atoms with E-state index in [4.69, 9.17) is 4.74 Å². The molecule has 0 bridgehead atoms. The molecule has 184 valence electrons. The Morgan fingerprint density at radius 1 is 1.24 bits per heavy atom. The standard InChI is InChI=1S/C20H20F6N6O2/c1-19(33,20(24,25)26)17-14(34-2)6-15-28-8-13(32(15)31-17)16-10(22)5-11(23)18(30-16)29-12-7-27-4-3-9(12)21/h5-6,8-9,12,27,33H,3-4,7H2,1-2H3,(H,29,30)/t9-,12-,19?/m0/s1. The third-order valence-corrected chi connectivity index (χ3v) is 5.58. The summed E-state index contributed by atoms with van der Waals surface area (Å²) >= 11 is 0. The summed E-state index contributed by atoms with van der Waals surface area (Å²) in [6.07, 6.45) is -5.15. The number of aromatic nitrogens is 4. The predicted molar refractivity (Wildman–Crippen MR) is 108 cm³/mol. The lowest BCUT2D eigenvalue weighted by atomic mass is 10.0. The number of nitrogens with one attached hydrogen (secondary N) is 2. The Hall–Kier alpha value is -3.13. The first kappa shape index (κ1) is 24.0. The molecule has 8 nitrogen and oxygen atoms in total. The van der Waals surface area contributed by atoms with Crippen LogP contribution in [0.4, 0.5) is 32.2 Å². The average molecular weight is 490 g/mol. The summed E-state index contributed by atoms with van der Waals surface area (Å²) in [5.41, 5.74) is -5.08. The number of halogens is 6. The van der Waals surface area contributed by atoms with Gasteiger partial charge in [-0.1, -0.05) is 0 Å². The largest absolute Gasteiger partial charge is 0.495 e. The van der Waals surface area contributed by atoms with E-state index in [2.05, 4.69) is 25.7 Å². The van der Waals surface area contributed by atoms with Crippen LogP contribution >= 0.6 is 0 Å². The van der Waals surface area contributed by atoms with Crippen molar-refractivity contribution in [2.75, 3.05) is 25.5 Å². The van der Waals surface area contributed by atoms with Crippen molar-refractivity contribution < 1.29 is 36.2 Å². The fraction of sp³-hybridized carbons (Fsp3) is 0.450. The molecule has 4 heterocycles. The molecule has 0 aromatic carbocycles. The van der Waals surface area contributed by atoms with Gasteiger partial charge in [0.05, 0.1) is 19.3 Å². The molecule has 3 aromatic rings. The first-order chi connectivity index (χ1) is 15.9. The molecule has 0 aliphatic carbocycles. The molecule has 3 N–H and O–H groups in total. The number of anilines is 1. The molecule has 3 atom stereocenters. The van der Waals surface area contributed by atoms with E-state index in [-0.39, 0.29) is 24.3 Å². The minimum atomic E-state index is -5.12. The van der Waals surface area contributed by atoms with E-state index in [1.54, 1.807) is 0 Å². The summed E-state index contributed by atoms with van der Waals surface area (Å²) in [7, 11) is 1.09. The zero-order valence-corrected chi connectivity index (χ0v) is 17.9. The number of rotatable bonds is 5. The third-order valence-electron chi connectivity index (χ3n) is 5.58. The number of pyridine rings is 1. The number of fused-ring (bicyclic) bond motifs is 1. The Labute approximate surface area is 189 Å². The van der Waals surface area contributed by atoms with Gasteiger partial charge in [0.2, 0.25) is 5.60 Å². The van der Waals surface area contributed by atoms with Gasteiger partial charge in [-0.15, -0.1) is 0 Å². The quantitative estimate of drug-likeness (QED) is 0.474. The number of ether oxygens (including phenoxy) is 1. The van der Waals surface area contributed by atoms with Crippen molar-refractivity contribution in [3.8, 4) is 17.1 Å². The van der Waals surface area contributed by atoms with E-state index in [0.717, 1.165) is 23.9 Å². The Balaban J connectivity index is 1.83. The molecule has 0 spiro atoms. The Kier molecular flexibility index (Phi) is 6.06. The zero-order valence-electron chi connectivity index (χ0n) is 17.9. The highest BCUT2D eigenvalue weighted by Gasteiger charge is 2.54. The van der Waals surface area contributed by atoms with Crippen molar-refractivity contribution in [1.29, 1.82) is 0 Å². The van der Waals surface area contributed by atoms with Crippen LogP contribution in [0.3, 0.4) is 0 Å². The molecule has 4 rings (SSSR count). The van der Waals surface area contributed by atoms with Crippen LogP contribution in [0.1, 0.15) is 19.0 Å². The van der Waals surface area contributed by atoms with E-state index in [0.29, 0.717) is 19.5 Å². The first-order valence-corrected chi connectivity index (χ1v) is 10.1. The van der Waals surface area contributed by atoms with Crippen LogP contribution in [-0.4, -0.2) is 63.3 Å². The number of methoxy groups -OCH3 is 1. The molecule has 1 saturated heterocycles. The van der Waals surface area contributed by atoms with E-state index >= 15 is 0 Å². The van der Waals surface area contributed by atoms with Gasteiger partial charge in [0.25, 0.3) is 0 Å². The van der Waals surface area contributed by atoms with E-state index in [9.17, 15) is 31.4 Å². The van der Waals surface area contributed by atoms with Crippen molar-refractivity contribution in [3.05, 3.63) is 35.7 Å². The van der Waals surface area contributed by atoms with Crippen LogP contribution in [0.5, 0.6) is 5.75 Å². The lowest BCUT2D eigenvalue weighted by Crippen LogP contribution is -2.46. The van der Waals surface area contributed by atoms with Gasteiger partial charge in [-0.25, -0.2) is 27.7 Å². The molecule has 0 amide bonds. The highest BCUT2D eigenvalue weighted by atomic mass is 19.4. The van der Waals surface area contributed by atoms with Crippen LogP contribution in [0.2, 0.25) is 0 Å². The zero-order chi connectivity index (χ0) is 24.8. The van der Waals surface area contributed by atoms with Gasteiger partial charge in [-0.05, 0) is 19.9 Å². The highest BCUT2D eigenvalue weighted by molar-refractivity contribution is 5.63. The van der Waals surface area contributed by atoms with Crippen LogP contribution in [0.15, 0.2) is 18.3 Å². The maximum absolute atomic E-state index is 14.7. The molecular weight excluding hydrogens is 470 g/mol. The van der Waals surface area contributed by atoms with Gasteiger partial charge >= 0.3 is 6.18 Å². The normalized spacial score (nSPS) is 20.9. The fourth-order valence-corrected chi connectivity index (χ4v) is 3.58. The maximum atomic E-state index is 14.7. The minimum absolute atomic E-state index is 0.0473. The SMILES string of the molecule is COc1cc2ncc(-c3nc(N[C@H]4CNCC[C@@H]4F)c(F)cc3F)n2nc1C(C)(O)C(F)(F)F. The summed E-state index contributed by atoms with van der Waals surface area (Å²) in [6, 6.07) is 0.768. The number of nitrogens with zero attached hydrogens (tertiary/aromatic N) is 4. The van der Waals surface area contributed by atoms with Crippen molar-refractivity contribution in [1.82, 2.24) is 24.9 Å². The van der Waals surface area contributed by atoms with Crippen LogP contribution in [0, 0.1) is 11.6 Å². The second-order valence-electron chi connectivity index (χ2n) is 7.95. The molecule has 1 aliphatic heterocycles. The molecule has 3 aromatic heterocycles. The predicted octanol–water partition coefficient (Wildman–Crippen LogP) is 2.96. The van der Waals surface area contributed by atoms with Crippen molar-refractivity contribution >= 4 is 11.5 Å². The second-order valence-corrected chi connectivity index (χ2v) is 7.95. The van der Waals surface area contributed by atoms with Crippen molar-refractivity contribution in [3.63, 3.8) is 0 Å². The van der Waals surface area contributed by atoms with Gasteiger partial charge in [0.15, 0.2) is 23.1 Å². The molecule has 0 saturated carbocycles. The first-order valence-electron chi connectivity index (χ1n) is 10.1. The lowest BCUT2D eigenvalue weighted by molar-refractivity contribution is -0.261. The van der Waals surface area contributed by atoms with Gasteiger partial charge in [-0.3, -0.25) is 0 Å². The van der Waals surface area contributed by atoms with E-state index < -0.39 is 58.6 Å². The summed E-state index contributed by atoms with van der Waals surface area (Å²) in [5, 5.41) is 19.5. The summed E-state index contributed by atoms with van der Waals surface area (Å²) in [5.74, 6) is -3.08. The number of piperidine rings is 1. The average Bonchev–Trinajstić information content (AvgIpc) is 3.18. The Bertz CT molecular complexity index is 1210. The summed E-state index contributed by atoms with van der Waals surface area (Å²) in [6.45, 7) is 1.12. The number of aliphatic hydroxyl groups is 1. The van der Waals surface area contributed by atoms with E-state index in [1.807, 2.05) is 0 Å². The highest BCUT2D eigenvalue weighted by Crippen LogP contribution is 2.41. The van der Waals surface area contributed by atoms with Gasteiger partial charge in [0.1, 0.15) is 29.0 Å². The molecule has 1 unspecified atom stereocenters. The van der Waals surface area contributed by atoms with Gasteiger partial charge < -0.3 is 20.5 Å². The monoisotopic (exact) mass is 490 g/mol. The lowest BCUT2D eigenvalue weighted by Gasteiger charge is -2.28. The fourth-order valence-electron chi connectivity index (χ4n) is 3.58. The van der Waals surface area contributed by atoms with E-state index in [1.165, 1.54) is 0 Å². The van der Waals surface area contributed by atoms with Gasteiger partial charge in [-0.2, -0.15) is 18.3 Å². The second kappa shape index (κ2) is 8.58. The van der Waals surface area contributed by atoms with Crippen molar-refractivity contribution in [2.45, 2.75) is 37.3 Å². The molecule has 1 aliphatic rings. The minimum Gasteiger partial charge on any atom is -0.495 e. The number of hydrogen-bond acceptors (Lipinski definition) is 7. The molecule has 1 fully saturated rings. The van der Waals surface area contributed by atoms with Gasteiger partial charge in [0, 0.05) is 18.7 Å². The molecule has 0 radical (unpaired) electrons. The smallest absolute Gasteiger partial charge is 0.422 e. The van der Waals surface area contributed by atoms with Crippen LogP contribution in [-0.2, 0) is 5.60 Å². The maximum Gasteiger partial charge on any atom is 0.422 e. The van der Waals surface area contributed by atoms with Crippen LogP contribution < -0.4 is 15.4 Å². The molecule has 14 heteroatoms. The number of hydrogen-bond donors (Lipinski definition) is 3. The Morgan fingerprint density at radius 3 is 2.62 bits per heavy atom. The molecule has 34 heavy (non-hydrogen) atoms. The summed E-state index contributed by atoms with van der Waals surface area (Å²) in [4.78, 5) is 7.88. The number of alkyl halides is 4. The topological polar surface area (TPSA) is 96.6 Å².